The molecule has 3 saturated carbocycles. The Morgan fingerprint density at radius 2 is 1.94 bits per heavy atom. The average Bonchev–Trinajstić information content (AvgIpc) is 2.70. The van der Waals surface area contributed by atoms with E-state index in [1.807, 2.05) is 20.8 Å². The van der Waals surface area contributed by atoms with Gasteiger partial charge in [0, 0.05) is 6.08 Å². The number of allylic oxidation sites excluding steroid dienone is 2. The fraction of sp³-hybridized carbons (Fsp3) is 0.688. The second-order valence-corrected chi connectivity index (χ2v) is 7.01. The van der Waals surface area contributed by atoms with Gasteiger partial charge in [0.15, 0.2) is 0 Å². The lowest BCUT2D eigenvalue weighted by Gasteiger charge is -2.41. The molecule has 18 heavy (non-hydrogen) atoms. The summed E-state index contributed by atoms with van der Waals surface area (Å²) in [5.41, 5.74) is 2.37. The van der Waals surface area contributed by atoms with Gasteiger partial charge in [0.25, 0.3) is 0 Å². The zero-order valence-corrected chi connectivity index (χ0v) is 11.5. The predicted octanol–water partition coefficient (Wildman–Crippen LogP) is 3.49. The molecule has 3 aliphatic carbocycles. The summed E-state index contributed by atoms with van der Waals surface area (Å²) in [4.78, 5) is 11.9. The molecule has 0 saturated heterocycles. The molecular formula is C16H22O2. The molecule has 2 nitrogen and oxygen atoms in total. The van der Waals surface area contributed by atoms with E-state index in [1.54, 1.807) is 6.08 Å². The van der Waals surface area contributed by atoms with Crippen LogP contribution in [-0.2, 0) is 9.53 Å². The molecule has 0 aromatic rings. The van der Waals surface area contributed by atoms with E-state index in [-0.39, 0.29) is 5.97 Å². The van der Waals surface area contributed by atoms with E-state index in [1.165, 1.54) is 24.0 Å². The molecule has 3 fully saturated rings. The first-order valence-electron chi connectivity index (χ1n) is 6.99. The minimum absolute atomic E-state index is 0.170. The maximum absolute atomic E-state index is 11.9. The first-order chi connectivity index (χ1) is 8.37. The minimum Gasteiger partial charge on any atom is -0.457 e. The zero-order valence-electron chi connectivity index (χ0n) is 11.5. The minimum atomic E-state index is -0.394. The number of ether oxygens (including phenoxy) is 1. The van der Waals surface area contributed by atoms with Crippen molar-refractivity contribution < 1.29 is 9.53 Å². The zero-order chi connectivity index (χ0) is 13.1. The van der Waals surface area contributed by atoms with Crippen LogP contribution >= 0.6 is 0 Å². The van der Waals surface area contributed by atoms with Crippen LogP contribution in [0.1, 0.15) is 40.0 Å². The summed E-state index contributed by atoms with van der Waals surface area (Å²) < 4.78 is 5.39. The summed E-state index contributed by atoms with van der Waals surface area (Å²) in [5.74, 6) is 2.62. The second-order valence-electron chi connectivity index (χ2n) is 7.01. The number of hydrogen-bond donors (Lipinski definition) is 0. The molecule has 0 N–H and O–H groups in total. The highest BCUT2D eigenvalue weighted by Gasteiger charge is 2.57. The number of carbonyl (C=O) groups is 1. The van der Waals surface area contributed by atoms with Crippen LogP contribution in [0.4, 0.5) is 0 Å². The summed E-state index contributed by atoms with van der Waals surface area (Å²) in [5, 5.41) is 0. The molecular weight excluding hydrogens is 224 g/mol. The van der Waals surface area contributed by atoms with Crippen LogP contribution in [0.25, 0.3) is 0 Å². The molecule has 4 atom stereocenters. The lowest BCUT2D eigenvalue weighted by Crippen LogP contribution is -2.35. The molecule has 0 aromatic carbocycles. The Morgan fingerprint density at radius 3 is 2.61 bits per heavy atom. The normalized spacial score (nSPS) is 39.7. The van der Waals surface area contributed by atoms with Gasteiger partial charge in [-0.15, -0.1) is 0 Å². The summed E-state index contributed by atoms with van der Waals surface area (Å²) >= 11 is 0. The van der Waals surface area contributed by atoms with Crippen LogP contribution in [0.2, 0.25) is 0 Å². The van der Waals surface area contributed by atoms with Crippen molar-refractivity contribution in [2.24, 2.45) is 23.7 Å². The van der Waals surface area contributed by atoms with Crippen molar-refractivity contribution >= 4 is 5.97 Å². The van der Waals surface area contributed by atoms with Gasteiger partial charge >= 0.3 is 5.97 Å². The van der Waals surface area contributed by atoms with Crippen LogP contribution < -0.4 is 0 Å². The SMILES string of the molecule is C=C1C[C@H]2C(=CC(=O)OC(C)(C)C)[C@H]3CC[C@@H]1[C@H]32. The van der Waals surface area contributed by atoms with E-state index in [0.717, 1.165) is 18.3 Å². The van der Waals surface area contributed by atoms with Crippen LogP contribution in [0.5, 0.6) is 0 Å². The third-order valence-corrected chi connectivity index (χ3v) is 4.74. The van der Waals surface area contributed by atoms with Crippen molar-refractivity contribution in [1.29, 1.82) is 0 Å². The van der Waals surface area contributed by atoms with E-state index in [9.17, 15) is 4.79 Å². The predicted molar refractivity (Wildman–Crippen MR) is 70.9 cm³/mol. The summed E-state index contributed by atoms with van der Waals surface area (Å²) in [6.45, 7) is 9.94. The Bertz CT molecular complexity index is 439. The summed E-state index contributed by atoms with van der Waals surface area (Å²) in [6.07, 6.45) is 5.38. The highest BCUT2D eigenvalue weighted by atomic mass is 16.6. The van der Waals surface area contributed by atoms with Gasteiger partial charge in [-0.05, 0) is 63.7 Å². The number of rotatable bonds is 1. The van der Waals surface area contributed by atoms with E-state index < -0.39 is 5.60 Å². The van der Waals surface area contributed by atoms with Crippen molar-refractivity contribution in [1.82, 2.24) is 0 Å². The molecule has 3 aliphatic rings. The lowest BCUT2D eigenvalue weighted by atomic mass is 9.63. The van der Waals surface area contributed by atoms with E-state index >= 15 is 0 Å². The fourth-order valence-corrected chi connectivity index (χ4v) is 4.20. The van der Waals surface area contributed by atoms with E-state index in [4.69, 9.17) is 4.74 Å². The van der Waals surface area contributed by atoms with Gasteiger partial charge < -0.3 is 4.74 Å². The Kier molecular flexibility index (Phi) is 2.48. The lowest BCUT2D eigenvalue weighted by molar-refractivity contribution is -0.148. The first kappa shape index (κ1) is 12.0. The number of hydrogen-bond acceptors (Lipinski definition) is 2. The van der Waals surface area contributed by atoms with Crippen LogP contribution in [-0.4, -0.2) is 11.6 Å². The molecule has 98 valence electrons. The Labute approximate surface area is 109 Å². The Morgan fingerprint density at radius 1 is 1.28 bits per heavy atom. The first-order valence-corrected chi connectivity index (χ1v) is 6.99. The van der Waals surface area contributed by atoms with Gasteiger partial charge in [0.2, 0.25) is 0 Å². The van der Waals surface area contributed by atoms with E-state index in [0.29, 0.717) is 11.8 Å². The summed E-state index contributed by atoms with van der Waals surface area (Å²) in [7, 11) is 0. The Balaban J connectivity index is 1.75. The molecule has 3 rings (SSSR count). The molecule has 2 heteroatoms. The Hall–Kier alpha value is -1.05. The maximum atomic E-state index is 11.9. The molecule has 0 radical (unpaired) electrons. The molecule has 0 spiro atoms. The van der Waals surface area contributed by atoms with Crippen LogP contribution in [0, 0.1) is 23.7 Å². The standard InChI is InChI=1S/C16H22O2/c1-9-7-13-12(8-14(17)18-16(2,3)4)11-6-5-10(9)15(11)13/h8,10-11,13,15H,1,5-7H2,2-4H3/t10-,11+,13-,15+/m0/s1. The highest BCUT2D eigenvalue weighted by Crippen LogP contribution is 2.66. The smallest absolute Gasteiger partial charge is 0.331 e. The largest absolute Gasteiger partial charge is 0.457 e. The van der Waals surface area contributed by atoms with Crippen molar-refractivity contribution in [3.8, 4) is 0 Å². The average molecular weight is 246 g/mol. The van der Waals surface area contributed by atoms with Gasteiger partial charge in [-0.25, -0.2) is 4.79 Å². The van der Waals surface area contributed by atoms with Crippen molar-refractivity contribution in [3.05, 3.63) is 23.8 Å². The quantitative estimate of drug-likeness (QED) is 0.402. The van der Waals surface area contributed by atoms with Gasteiger partial charge in [-0.1, -0.05) is 17.7 Å². The van der Waals surface area contributed by atoms with Gasteiger partial charge in [-0.3, -0.25) is 0 Å². The van der Waals surface area contributed by atoms with Crippen LogP contribution in [0.3, 0.4) is 0 Å². The van der Waals surface area contributed by atoms with E-state index in [2.05, 4.69) is 6.58 Å². The molecule has 0 amide bonds. The van der Waals surface area contributed by atoms with Gasteiger partial charge in [-0.2, -0.15) is 0 Å². The third-order valence-electron chi connectivity index (χ3n) is 4.74. The molecule has 0 heterocycles. The number of carbonyl (C=O) groups excluding carboxylic acids is 1. The summed E-state index contributed by atoms with van der Waals surface area (Å²) in [6, 6.07) is 0. The second kappa shape index (κ2) is 3.72. The van der Waals surface area contributed by atoms with Gasteiger partial charge in [0.05, 0.1) is 0 Å². The number of esters is 1. The molecule has 0 aromatic heterocycles. The van der Waals surface area contributed by atoms with Gasteiger partial charge in [0.1, 0.15) is 5.60 Å². The third kappa shape index (κ3) is 1.73. The fourth-order valence-electron chi connectivity index (χ4n) is 4.20. The van der Waals surface area contributed by atoms with Crippen molar-refractivity contribution in [2.45, 2.75) is 45.6 Å². The topological polar surface area (TPSA) is 26.3 Å². The maximum Gasteiger partial charge on any atom is 0.331 e. The molecule has 0 unspecified atom stereocenters. The van der Waals surface area contributed by atoms with Crippen molar-refractivity contribution in [3.63, 3.8) is 0 Å². The molecule has 0 bridgehead atoms. The molecule has 0 aliphatic heterocycles. The highest BCUT2D eigenvalue weighted by molar-refractivity contribution is 5.84. The van der Waals surface area contributed by atoms with Crippen molar-refractivity contribution in [2.75, 3.05) is 0 Å². The van der Waals surface area contributed by atoms with Crippen LogP contribution in [0.15, 0.2) is 23.8 Å². The monoisotopic (exact) mass is 246 g/mol.